The van der Waals surface area contributed by atoms with Gasteiger partial charge in [0.1, 0.15) is 5.75 Å². The Morgan fingerprint density at radius 1 is 1.16 bits per heavy atom. The maximum absolute atomic E-state index is 12.2. The van der Waals surface area contributed by atoms with Crippen molar-refractivity contribution in [1.29, 1.82) is 0 Å². The number of benzene rings is 1. The average Bonchev–Trinajstić information content (AvgIpc) is 2.40. The molecule has 0 radical (unpaired) electrons. The Kier molecular flexibility index (Phi) is 5.00. The van der Waals surface area contributed by atoms with Crippen LogP contribution in [0.4, 0.5) is 0 Å². The summed E-state index contributed by atoms with van der Waals surface area (Å²) in [6.07, 6.45) is 7.25. The van der Waals surface area contributed by atoms with Gasteiger partial charge in [-0.15, -0.1) is 0 Å². The highest BCUT2D eigenvalue weighted by molar-refractivity contribution is 5.96. The Balaban J connectivity index is 1.91. The van der Waals surface area contributed by atoms with Gasteiger partial charge in [-0.25, -0.2) is 0 Å². The van der Waals surface area contributed by atoms with E-state index in [2.05, 4.69) is 0 Å². The summed E-state index contributed by atoms with van der Waals surface area (Å²) in [4.78, 5) is 12.2. The van der Waals surface area contributed by atoms with Crippen molar-refractivity contribution >= 4 is 5.78 Å². The zero-order valence-electron chi connectivity index (χ0n) is 12.0. The van der Waals surface area contributed by atoms with Crippen LogP contribution in [0, 0.1) is 5.92 Å². The molecule has 104 valence electrons. The highest BCUT2D eigenvalue weighted by Crippen LogP contribution is 2.27. The minimum Gasteiger partial charge on any atom is -0.491 e. The lowest BCUT2D eigenvalue weighted by Crippen LogP contribution is -2.12. The molecule has 0 heterocycles. The van der Waals surface area contributed by atoms with Crippen molar-refractivity contribution in [2.24, 2.45) is 5.92 Å². The summed E-state index contributed by atoms with van der Waals surface area (Å²) >= 11 is 0. The molecule has 1 fully saturated rings. The number of ketones is 1. The third-order valence-electron chi connectivity index (χ3n) is 3.75. The summed E-state index contributed by atoms with van der Waals surface area (Å²) in [7, 11) is 0. The number of hydrogen-bond acceptors (Lipinski definition) is 2. The molecular weight excluding hydrogens is 236 g/mol. The van der Waals surface area contributed by atoms with E-state index in [1.165, 1.54) is 32.1 Å². The number of carbonyl (C=O) groups excluding carboxylic acids is 1. The molecule has 0 aliphatic heterocycles. The first-order valence-corrected chi connectivity index (χ1v) is 7.45. The van der Waals surface area contributed by atoms with Crippen LogP contribution in [-0.4, -0.2) is 11.9 Å². The zero-order chi connectivity index (χ0) is 13.7. The van der Waals surface area contributed by atoms with Crippen molar-refractivity contribution in [3.63, 3.8) is 0 Å². The molecule has 0 unspecified atom stereocenters. The van der Waals surface area contributed by atoms with Gasteiger partial charge in [-0.1, -0.05) is 32.1 Å². The molecule has 0 atom stereocenters. The van der Waals surface area contributed by atoms with Crippen LogP contribution >= 0.6 is 0 Å². The number of Topliss-reactive ketones (excluding diaryl/α,β-unsaturated/α-hetero) is 1. The van der Waals surface area contributed by atoms with Gasteiger partial charge in [0.15, 0.2) is 5.78 Å². The fraction of sp³-hybridized carbons (Fsp3) is 0.588. The Bertz CT molecular complexity index is 400. The van der Waals surface area contributed by atoms with E-state index in [-0.39, 0.29) is 11.9 Å². The van der Waals surface area contributed by atoms with Crippen molar-refractivity contribution < 1.29 is 9.53 Å². The highest BCUT2D eigenvalue weighted by atomic mass is 16.5. The van der Waals surface area contributed by atoms with Crippen molar-refractivity contribution in [2.45, 2.75) is 58.5 Å². The van der Waals surface area contributed by atoms with Gasteiger partial charge in [0, 0.05) is 12.0 Å². The number of rotatable bonds is 5. The largest absolute Gasteiger partial charge is 0.491 e. The lowest BCUT2D eigenvalue weighted by atomic mass is 9.85. The van der Waals surface area contributed by atoms with E-state index in [1.807, 2.05) is 38.1 Å². The quantitative estimate of drug-likeness (QED) is 0.722. The third-order valence-corrected chi connectivity index (χ3v) is 3.75. The van der Waals surface area contributed by atoms with Crippen molar-refractivity contribution in [3.05, 3.63) is 29.8 Å². The summed E-state index contributed by atoms with van der Waals surface area (Å²) in [5.74, 6) is 1.72. The van der Waals surface area contributed by atoms with E-state index in [1.54, 1.807) is 0 Å². The molecule has 1 aliphatic carbocycles. The summed E-state index contributed by atoms with van der Waals surface area (Å²) < 4.78 is 5.59. The third kappa shape index (κ3) is 4.38. The van der Waals surface area contributed by atoms with Crippen LogP contribution in [0.3, 0.4) is 0 Å². The van der Waals surface area contributed by atoms with Crippen LogP contribution in [0.1, 0.15) is 62.7 Å². The van der Waals surface area contributed by atoms with Crippen LogP contribution in [0.2, 0.25) is 0 Å². The number of ether oxygens (including phenoxy) is 1. The lowest BCUT2D eigenvalue weighted by molar-refractivity contribution is 0.0950. The topological polar surface area (TPSA) is 26.3 Å². The molecule has 19 heavy (non-hydrogen) atoms. The summed E-state index contributed by atoms with van der Waals surface area (Å²) in [5, 5.41) is 0. The summed E-state index contributed by atoms with van der Waals surface area (Å²) in [5.41, 5.74) is 0.821. The molecule has 2 heteroatoms. The molecule has 0 amide bonds. The van der Waals surface area contributed by atoms with E-state index in [0.717, 1.165) is 11.3 Å². The van der Waals surface area contributed by atoms with Crippen molar-refractivity contribution in [2.75, 3.05) is 0 Å². The van der Waals surface area contributed by atoms with E-state index >= 15 is 0 Å². The molecule has 0 N–H and O–H groups in total. The predicted octanol–water partition coefficient (Wildman–Crippen LogP) is 4.63. The van der Waals surface area contributed by atoms with E-state index in [9.17, 15) is 4.79 Å². The van der Waals surface area contributed by atoms with Gasteiger partial charge < -0.3 is 4.74 Å². The lowest BCUT2D eigenvalue weighted by Gasteiger charge is -2.20. The second kappa shape index (κ2) is 6.74. The molecule has 1 aromatic carbocycles. The molecule has 2 rings (SSSR count). The Labute approximate surface area is 116 Å². The molecule has 1 aliphatic rings. The smallest absolute Gasteiger partial charge is 0.163 e. The maximum Gasteiger partial charge on any atom is 0.163 e. The van der Waals surface area contributed by atoms with E-state index in [4.69, 9.17) is 4.74 Å². The van der Waals surface area contributed by atoms with E-state index < -0.39 is 0 Å². The summed E-state index contributed by atoms with van der Waals surface area (Å²) in [6, 6.07) is 7.58. The van der Waals surface area contributed by atoms with E-state index in [0.29, 0.717) is 12.3 Å². The second-order valence-corrected chi connectivity index (χ2v) is 5.82. The monoisotopic (exact) mass is 260 g/mol. The van der Waals surface area contributed by atoms with Crippen molar-refractivity contribution in [3.8, 4) is 5.75 Å². The minimum atomic E-state index is 0.170. The van der Waals surface area contributed by atoms with Gasteiger partial charge in [-0.3, -0.25) is 4.79 Å². The zero-order valence-corrected chi connectivity index (χ0v) is 12.0. The second-order valence-electron chi connectivity index (χ2n) is 5.82. The fourth-order valence-corrected chi connectivity index (χ4v) is 2.76. The molecule has 1 aromatic rings. The SMILES string of the molecule is CC(C)Oc1ccc(C(=O)CC2CCCCC2)cc1. The Hall–Kier alpha value is -1.31. The van der Waals surface area contributed by atoms with Crippen LogP contribution in [-0.2, 0) is 0 Å². The Morgan fingerprint density at radius 3 is 2.37 bits per heavy atom. The Morgan fingerprint density at radius 2 is 1.79 bits per heavy atom. The average molecular weight is 260 g/mol. The fourth-order valence-electron chi connectivity index (χ4n) is 2.76. The molecule has 0 saturated heterocycles. The predicted molar refractivity (Wildman–Crippen MR) is 77.7 cm³/mol. The van der Waals surface area contributed by atoms with Gasteiger partial charge in [-0.2, -0.15) is 0 Å². The van der Waals surface area contributed by atoms with Crippen LogP contribution in [0.15, 0.2) is 24.3 Å². The highest BCUT2D eigenvalue weighted by Gasteiger charge is 2.17. The molecule has 2 nitrogen and oxygen atoms in total. The molecule has 0 spiro atoms. The summed E-state index contributed by atoms with van der Waals surface area (Å²) in [6.45, 7) is 4.00. The number of hydrogen-bond donors (Lipinski definition) is 0. The molecule has 0 bridgehead atoms. The van der Waals surface area contributed by atoms with Gasteiger partial charge in [0.2, 0.25) is 0 Å². The van der Waals surface area contributed by atoms with Crippen LogP contribution in [0.25, 0.3) is 0 Å². The molecule has 0 aromatic heterocycles. The standard InChI is InChI=1S/C17H24O2/c1-13(2)19-16-10-8-15(9-11-16)17(18)12-14-6-4-3-5-7-14/h8-11,13-14H,3-7,12H2,1-2H3. The van der Waals surface area contributed by atoms with Gasteiger partial charge in [-0.05, 0) is 44.0 Å². The first-order chi connectivity index (χ1) is 9.15. The van der Waals surface area contributed by atoms with Gasteiger partial charge >= 0.3 is 0 Å². The van der Waals surface area contributed by atoms with Gasteiger partial charge in [0.25, 0.3) is 0 Å². The molecular formula is C17H24O2. The molecule has 1 saturated carbocycles. The number of carbonyl (C=O) groups is 1. The van der Waals surface area contributed by atoms with Crippen molar-refractivity contribution in [1.82, 2.24) is 0 Å². The first-order valence-electron chi connectivity index (χ1n) is 7.45. The normalized spacial score (nSPS) is 16.6. The van der Waals surface area contributed by atoms with Crippen LogP contribution in [0.5, 0.6) is 5.75 Å². The first kappa shape index (κ1) is 14.1. The minimum absolute atomic E-state index is 0.170. The van der Waals surface area contributed by atoms with Gasteiger partial charge in [0.05, 0.1) is 6.10 Å². The maximum atomic E-state index is 12.2. The van der Waals surface area contributed by atoms with Crippen LogP contribution < -0.4 is 4.74 Å².